The lowest BCUT2D eigenvalue weighted by Crippen LogP contribution is -1.99. The molecule has 0 amide bonds. The Kier molecular flexibility index (Phi) is 7.99. The van der Waals surface area contributed by atoms with Crippen molar-refractivity contribution in [2.24, 2.45) is 0 Å². The predicted molar refractivity (Wildman–Crippen MR) is 80.6 cm³/mol. The van der Waals surface area contributed by atoms with Crippen LogP contribution in [0.3, 0.4) is 0 Å². The van der Waals surface area contributed by atoms with Crippen LogP contribution in [0.1, 0.15) is 80.4 Å². The zero-order valence-electron chi connectivity index (χ0n) is 11.8. The van der Waals surface area contributed by atoms with Crippen LogP contribution in [0.25, 0.3) is 0 Å². The number of carbonyl (C=O) groups excluding carboxylic acids is 1. The van der Waals surface area contributed by atoms with Gasteiger partial charge in [-0.2, -0.15) is 0 Å². The molecule has 0 aliphatic rings. The summed E-state index contributed by atoms with van der Waals surface area (Å²) in [4.78, 5) is 13.0. The van der Waals surface area contributed by atoms with Crippen LogP contribution in [0.2, 0.25) is 0 Å². The Morgan fingerprint density at radius 1 is 1.06 bits per heavy atom. The molecular weight excluding hydrogens is 240 g/mol. The van der Waals surface area contributed by atoms with E-state index in [0.717, 1.165) is 24.1 Å². The highest BCUT2D eigenvalue weighted by atomic mass is 32.1. The van der Waals surface area contributed by atoms with E-state index in [4.69, 9.17) is 0 Å². The van der Waals surface area contributed by atoms with E-state index in [0.29, 0.717) is 5.78 Å². The fourth-order valence-corrected chi connectivity index (χ4v) is 3.18. The molecule has 0 unspecified atom stereocenters. The second-order valence-electron chi connectivity index (χ2n) is 4.92. The molecule has 0 aliphatic heterocycles. The summed E-state index contributed by atoms with van der Waals surface area (Å²) in [5.41, 5.74) is 1.23. The molecule has 102 valence electrons. The molecule has 0 aromatic carbocycles. The molecule has 0 bridgehead atoms. The molecule has 1 heterocycles. The zero-order chi connectivity index (χ0) is 13.2. The van der Waals surface area contributed by atoms with Crippen LogP contribution >= 0.6 is 11.3 Å². The first-order valence-electron chi connectivity index (χ1n) is 7.39. The second kappa shape index (κ2) is 9.32. The fourth-order valence-electron chi connectivity index (χ4n) is 2.21. The van der Waals surface area contributed by atoms with Crippen molar-refractivity contribution in [3.05, 3.63) is 21.9 Å². The quantitative estimate of drug-likeness (QED) is 0.396. The molecule has 2 heteroatoms. The third-order valence-electron chi connectivity index (χ3n) is 3.39. The van der Waals surface area contributed by atoms with Gasteiger partial charge in [-0.1, -0.05) is 52.4 Å². The van der Waals surface area contributed by atoms with Crippen LogP contribution in [0, 0.1) is 0 Å². The van der Waals surface area contributed by atoms with Crippen LogP contribution in [0.4, 0.5) is 0 Å². The molecule has 1 rings (SSSR count). The van der Waals surface area contributed by atoms with Crippen LogP contribution in [-0.4, -0.2) is 5.78 Å². The van der Waals surface area contributed by atoms with Crippen LogP contribution in [0.15, 0.2) is 11.4 Å². The average molecular weight is 266 g/mol. The Morgan fingerprint density at radius 3 is 2.39 bits per heavy atom. The number of rotatable bonds is 10. The maximum atomic E-state index is 12.0. The predicted octanol–water partition coefficient (Wildman–Crippen LogP) is 5.63. The molecule has 18 heavy (non-hydrogen) atoms. The van der Waals surface area contributed by atoms with Crippen LogP contribution in [-0.2, 0) is 6.42 Å². The average Bonchev–Trinajstić information content (AvgIpc) is 2.85. The van der Waals surface area contributed by atoms with Gasteiger partial charge in [0.15, 0.2) is 5.78 Å². The molecule has 0 saturated carbocycles. The molecule has 1 aromatic rings. The minimum Gasteiger partial charge on any atom is -0.293 e. The van der Waals surface area contributed by atoms with Gasteiger partial charge in [0, 0.05) is 6.42 Å². The van der Waals surface area contributed by atoms with Crippen LogP contribution < -0.4 is 0 Å². The molecule has 0 N–H and O–H groups in total. The van der Waals surface area contributed by atoms with Gasteiger partial charge in [-0.3, -0.25) is 4.79 Å². The molecular formula is C16H26OS. The number of unbranched alkanes of at least 4 members (excludes halogenated alkanes) is 6. The Hall–Kier alpha value is -0.630. The SMILES string of the molecule is CCCCCCCCCC(=O)c1sccc1CC. The summed E-state index contributed by atoms with van der Waals surface area (Å²) >= 11 is 1.61. The van der Waals surface area contributed by atoms with E-state index in [1.807, 2.05) is 5.38 Å². The molecule has 1 nitrogen and oxygen atoms in total. The maximum Gasteiger partial charge on any atom is 0.173 e. The van der Waals surface area contributed by atoms with Gasteiger partial charge < -0.3 is 0 Å². The van der Waals surface area contributed by atoms with Gasteiger partial charge in [0.25, 0.3) is 0 Å². The third-order valence-corrected chi connectivity index (χ3v) is 4.39. The first kappa shape index (κ1) is 15.4. The standard InChI is InChI=1S/C16H26OS/c1-3-5-6-7-8-9-10-11-15(17)16-14(4-2)12-13-18-16/h12-13H,3-11H2,1-2H3. The van der Waals surface area contributed by atoms with Crippen molar-refractivity contribution < 1.29 is 4.79 Å². The van der Waals surface area contributed by atoms with Crippen molar-refractivity contribution in [2.45, 2.75) is 71.6 Å². The summed E-state index contributed by atoms with van der Waals surface area (Å²) in [6, 6.07) is 2.09. The largest absolute Gasteiger partial charge is 0.293 e. The van der Waals surface area contributed by atoms with Crippen molar-refractivity contribution in [3.63, 3.8) is 0 Å². The van der Waals surface area contributed by atoms with Crippen molar-refractivity contribution in [2.75, 3.05) is 0 Å². The first-order valence-corrected chi connectivity index (χ1v) is 8.27. The van der Waals surface area contributed by atoms with E-state index < -0.39 is 0 Å². The van der Waals surface area contributed by atoms with E-state index in [-0.39, 0.29) is 0 Å². The molecule has 0 atom stereocenters. The smallest absolute Gasteiger partial charge is 0.173 e. The number of Topliss-reactive ketones (excluding diaryl/α,β-unsaturated/α-hetero) is 1. The van der Waals surface area contributed by atoms with E-state index in [1.54, 1.807) is 11.3 Å². The highest BCUT2D eigenvalue weighted by Gasteiger charge is 2.11. The second-order valence-corrected chi connectivity index (χ2v) is 5.84. The minimum absolute atomic E-state index is 0.357. The fraction of sp³-hybridized carbons (Fsp3) is 0.688. The van der Waals surface area contributed by atoms with Crippen LogP contribution in [0.5, 0.6) is 0 Å². The summed E-state index contributed by atoms with van der Waals surface area (Å²) < 4.78 is 0. The van der Waals surface area contributed by atoms with E-state index in [2.05, 4.69) is 19.9 Å². The molecule has 0 radical (unpaired) electrons. The zero-order valence-corrected chi connectivity index (χ0v) is 12.7. The van der Waals surface area contributed by atoms with Gasteiger partial charge in [0.1, 0.15) is 0 Å². The Morgan fingerprint density at radius 2 is 1.72 bits per heavy atom. The molecule has 0 spiro atoms. The number of aryl methyl sites for hydroxylation is 1. The van der Waals surface area contributed by atoms with Gasteiger partial charge in [-0.15, -0.1) is 11.3 Å². The first-order chi connectivity index (χ1) is 8.79. The summed E-state index contributed by atoms with van der Waals surface area (Å²) in [5, 5.41) is 2.04. The van der Waals surface area contributed by atoms with Crippen molar-refractivity contribution in [1.29, 1.82) is 0 Å². The van der Waals surface area contributed by atoms with Gasteiger partial charge in [0.2, 0.25) is 0 Å². The highest BCUT2D eigenvalue weighted by molar-refractivity contribution is 7.12. The summed E-state index contributed by atoms with van der Waals surface area (Å²) in [6.45, 7) is 4.36. The maximum absolute atomic E-state index is 12.0. The Bertz CT molecular complexity index is 341. The van der Waals surface area contributed by atoms with Crippen molar-refractivity contribution in [1.82, 2.24) is 0 Å². The summed E-state index contributed by atoms with van der Waals surface area (Å²) in [7, 11) is 0. The molecule has 0 fully saturated rings. The van der Waals surface area contributed by atoms with Crippen molar-refractivity contribution >= 4 is 17.1 Å². The Labute approximate surface area is 116 Å². The number of ketones is 1. The summed E-state index contributed by atoms with van der Waals surface area (Å²) in [5.74, 6) is 0.357. The van der Waals surface area contributed by atoms with E-state index >= 15 is 0 Å². The lowest BCUT2D eigenvalue weighted by Gasteiger charge is -2.02. The highest BCUT2D eigenvalue weighted by Crippen LogP contribution is 2.20. The topological polar surface area (TPSA) is 17.1 Å². The van der Waals surface area contributed by atoms with Crippen molar-refractivity contribution in [3.8, 4) is 0 Å². The number of carbonyl (C=O) groups is 1. The number of hydrogen-bond donors (Lipinski definition) is 0. The molecule has 0 saturated heterocycles. The lowest BCUT2D eigenvalue weighted by molar-refractivity contribution is 0.0982. The van der Waals surface area contributed by atoms with Gasteiger partial charge in [-0.25, -0.2) is 0 Å². The van der Waals surface area contributed by atoms with Gasteiger partial charge in [0.05, 0.1) is 4.88 Å². The Balaban J connectivity index is 2.14. The van der Waals surface area contributed by atoms with E-state index in [1.165, 1.54) is 44.1 Å². The van der Waals surface area contributed by atoms with Gasteiger partial charge >= 0.3 is 0 Å². The number of hydrogen-bond acceptors (Lipinski definition) is 2. The summed E-state index contributed by atoms with van der Waals surface area (Å²) in [6.07, 6.45) is 10.6. The molecule has 1 aromatic heterocycles. The monoisotopic (exact) mass is 266 g/mol. The lowest BCUT2D eigenvalue weighted by atomic mass is 10.0. The third kappa shape index (κ3) is 5.34. The number of thiophene rings is 1. The minimum atomic E-state index is 0.357. The van der Waals surface area contributed by atoms with E-state index in [9.17, 15) is 4.79 Å². The van der Waals surface area contributed by atoms with Gasteiger partial charge in [-0.05, 0) is 29.9 Å². The normalized spacial score (nSPS) is 10.8. The molecule has 0 aliphatic carbocycles.